The summed E-state index contributed by atoms with van der Waals surface area (Å²) in [5, 5.41) is 7.89. The molecule has 1 aromatic carbocycles. The van der Waals surface area contributed by atoms with Gasteiger partial charge in [-0.2, -0.15) is 4.89 Å². The largest absolute Gasteiger partial charge is 0.478 e. The standard InChI is InChI=1S/C9H12O2.C4H6O2/c1-8(2)10-11-9-6-4-3-5-7-9;1-3(2)4(5)6/h3-8H,1-2H3;1H2,2H3,(H,5,6). The van der Waals surface area contributed by atoms with E-state index in [2.05, 4.69) is 6.58 Å². The maximum absolute atomic E-state index is 9.60. The van der Waals surface area contributed by atoms with E-state index in [1.54, 1.807) is 0 Å². The van der Waals surface area contributed by atoms with Crippen molar-refractivity contribution in [1.29, 1.82) is 0 Å². The molecule has 0 aromatic heterocycles. The van der Waals surface area contributed by atoms with E-state index in [4.69, 9.17) is 14.9 Å². The maximum atomic E-state index is 9.60. The van der Waals surface area contributed by atoms with Crippen LogP contribution in [0.15, 0.2) is 42.5 Å². The number of carboxylic acid groups (broad SMARTS) is 1. The van der Waals surface area contributed by atoms with E-state index in [1.165, 1.54) is 6.92 Å². The van der Waals surface area contributed by atoms with Gasteiger partial charge in [0.05, 0.1) is 6.10 Å². The number of hydrogen-bond acceptors (Lipinski definition) is 3. The van der Waals surface area contributed by atoms with Crippen molar-refractivity contribution in [3.63, 3.8) is 0 Å². The van der Waals surface area contributed by atoms with Crippen LogP contribution in [-0.4, -0.2) is 17.2 Å². The lowest BCUT2D eigenvalue weighted by Gasteiger charge is -2.06. The van der Waals surface area contributed by atoms with Crippen molar-refractivity contribution < 1.29 is 19.7 Å². The second-order valence-electron chi connectivity index (χ2n) is 3.63. The molecular formula is C13H18O4. The second-order valence-corrected chi connectivity index (χ2v) is 3.63. The molecule has 0 aliphatic heterocycles. The predicted molar refractivity (Wildman–Crippen MR) is 65.7 cm³/mol. The van der Waals surface area contributed by atoms with Gasteiger partial charge in [-0.1, -0.05) is 24.8 Å². The van der Waals surface area contributed by atoms with Crippen molar-refractivity contribution in [3.05, 3.63) is 42.5 Å². The molecule has 0 unspecified atom stereocenters. The monoisotopic (exact) mass is 238 g/mol. The molecule has 0 aliphatic carbocycles. The molecule has 0 atom stereocenters. The summed E-state index contributed by atoms with van der Waals surface area (Å²) in [6.07, 6.45) is 0.0928. The Morgan fingerprint density at radius 1 is 1.29 bits per heavy atom. The quantitative estimate of drug-likeness (QED) is 0.497. The van der Waals surface area contributed by atoms with Crippen molar-refractivity contribution in [2.75, 3.05) is 0 Å². The third kappa shape index (κ3) is 9.14. The highest BCUT2D eigenvalue weighted by Gasteiger charge is 1.94. The zero-order chi connectivity index (χ0) is 13.3. The predicted octanol–water partition coefficient (Wildman–Crippen LogP) is 3.05. The summed E-state index contributed by atoms with van der Waals surface area (Å²) in [6.45, 7) is 8.44. The van der Waals surface area contributed by atoms with Crippen LogP contribution >= 0.6 is 0 Å². The molecule has 0 heterocycles. The van der Waals surface area contributed by atoms with Gasteiger partial charge in [0.25, 0.3) is 0 Å². The summed E-state index contributed by atoms with van der Waals surface area (Å²) < 4.78 is 0. The first-order valence-corrected chi connectivity index (χ1v) is 5.20. The first kappa shape index (κ1) is 15.2. The smallest absolute Gasteiger partial charge is 0.330 e. The van der Waals surface area contributed by atoms with Gasteiger partial charge in [-0.25, -0.2) is 4.79 Å². The van der Waals surface area contributed by atoms with Gasteiger partial charge < -0.3 is 9.99 Å². The molecular weight excluding hydrogens is 220 g/mol. The molecule has 1 aromatic rings. The first-order valence-electron chi connectivity index (χ1n) is 5.20. The number of rotatable bonds is 4. The Morgan fingerprint density at radius 2 is 1.76 bits per heavy atom. The number of para-hydroxylation sites is 1. The molecule has 17 heavy (non-hydrogen) atoms. The van der Waals surface area contributed by atoms with Gasteiger partial charge in [-0.15, -0.1) is 0 Å². The minimum Gasteiger partial charge on any atom is -0.478 e. The topological polar surface area (TPSA) is 55.8 Å². The van der Waals surface area contributed by atoms with Gasteiger partial charge in [0.1, 0.15) is 0 Å². The molecule has 1 rings (SSSR count). The highest BCUT2D eigenvalue weighted by Crippen LogP contribution is 2.09. The summed E-state index contributed by atoms with van der Waals surface area (Å²) in [4.78, 5) is 19.5. The van der Waals surface area contributed by atoms with Crippen LogP contribution < -0.4 is 4.89 Å². The lowest BCUT2D eigenvalue weighted by Crippen LogP contribution is -2.05. The number of carbonyl (C=O) groups is 1. The van der Waals surface area contributed by atoms with Crippen molar-refractivity contribution in [3.8, 4) is 5.75 Å². The van der Waals surface area contributed by atoms with Crippen LogP contribution in [0.4, 0.5) is 0 Å². The summed E-state index contributed by atoms with van der Waals surface area (Å²) >= 11 is 0. The molecule has 0 saturated heterocycles. The number of carboxylic acids is 1. The Kier molecular flexibility index (Phi) is 7.46. The summed E-state index contributed by atoms with van der Waals surface area (Å²) in [6, 6.07) is 9.44. The van der Waals surface area contributed by atoms with Gasteiger partial charge in [0.15, 0.2) is 5.75 Å². The van der Waals surface area contributed by atoms with Gasteiger partial charge in [-0.3, -0.25) is 0 Å². The van der Waals surface area contributed by atoms with Crippen LogP contribution in [-0.2, 0) is 9.68 Å². The Balaban J connectivity index is 0.000000366. The van der Waals surface area contributed by atoms with E-state index in [0.29, 0.717) is 0 Å². The molecule has 0 radical (unpaired) electrons. The molecule has 4 heteroatoms. The molecule has 94 valence electrons. The number of benzene rings is 1. The van der Waals surface area contributed by atoms with Gasteiger partial charge >= 0.3 is 5.97 Å². The fourth-order valence-electron chi connectivity index (χ4n) is 0.628. The number of hydrogen-bond donors (Lipinski definition) is 1. The third-order valence-corrected chi connectivity index (χ3v) is 1.45. The molecule has 0 saturated carbocycles. The zero-order valence-corrected chi connectivity index (χ0v) is 10.3. The van der Waals surface area contributed by atoms with Gasteiger partial charge in [-0.05, 0) is 32.9 Å². The Labute approximate surface area is 101 Å². The Hall–Kier alpha value is -1.81. The van der Waals surface area contributed by atoms with Crippen LogP contribution in [0.5, 0.6) is 5.75 Å². The van der Waals surface area contributed by atoms with Crippen molar-refractivity contribution in [2.24, 2.45) is 0 Å². The summed E-state index contributed by atoms with van der Waals surface area (Å²) in [7, 11) is 0. The summed E-state index contributed by atoms with van der Waals surface area (Å²) in [5.74, 6) is -0.198. The average molecular weight is 238 g/mol. The van der Waals surface area contributed by atoms with Gasteiger partial charge in [0, 0.05) is 5.57 Å². The lowest BCUT2D eigenvalue weighted by molar-refractivity contribution is -0.234. The molecule has 0 spiro atoms. The van der Waals surface area contributed by atoms with Crippen molar-refractivity contribution >= 4 is 5.97 Å². The molecule has 4 nitrogen and oxygen atoms in total. The molecule has 0 fully saturated rings. The normalized spacial score (nSPS) is 9.18. The molecule has 0 amide bonds. The maximum Gasteiger partial charge on any atom is 0.330 e. The molecule has 0 aliphatic rings. The van der Waals surface area contributed by atoms with Crippen molar-refractivity contribution in [1.82, 2.24) is 0 Å². The highest BCUT2D eigenvalue weighted by molar-refractivity contribution is 5.84. The lowest BCUT2D eigenvalue weighted by atomic mass is 10.3. The highest BCUT2D eigenvalue weighted by atomic mass is 17.2. The van der Waals surface area contributed by atoms with E-state index in [9.17, 15) is 4.79 Å². The molecule has 0 bridgehead atoms. The van der Waals surface area contributed by atoms with E-state index < -0.39 is 5.97 Å². The van der Waals surface area contributed by atoms with E-state index in [-0.39, 0.29) is 11.7 Å². The molecule has 1 N–H and O–H groups in total. The number of aliphatic carboxylic acids is 1. The minimum atomic E-state index is -0.935. The third-order valence-electron chi connectivity index (χ3n) is 1.45. The average Bonchev–Trinajstić information content (AvgIpc) is 2.28. The van der Waals surface area contributed by atoms with E-state index in [0.717, 1.165) is 5.75 Å². The van der Waals surface area contributed by atoms with E-state index >= 15 is 0 Å². The fraction of sp³-hybridized carbons (Fsp3) is 0.308. The Morgan fingerprint density at radius 3 is 2.12 bits per heavy atom. The van der Waals surface area contributed by atoms with Crippen LogP contribution in [0.1, 0.15) is 20.8 Å². The van der Waals surface area contributed by atoms with Crippen molar-refractivity contribution in [2.45, 2.75) is 26.9 Å². The van der Waals surface area contributed by atoms with Crippen LogP contribution in [0.3, 0.4) is 0 Å². The first-order chi connectivity index (χ1) is 7.93. The van der Waals surface area contributed by atoms with Crippen LogP contribution in [0, 0.1) is 0 Å². The Bertz CT molecular complexity index is 332. The fourth-order valence-corrected chi connectivity index (χ4v) is 0.628. The summed E-state index contributed by atoms with van der Waals surface area (Å²) in [5.41, 5.74) is 0.176. The van der Waals surface area contributed by atoms with Gasteiger partial charge in [0.2, 0.25) is 0 Å². The van der Waals surface area contributed by atoms with Crippen LogP contribution in [0.2, 0.25) is 0 Å². The van der Waals surface area contributed by atoms with E-state index in [1.807, 2.05) is 44.2 Å². The zero-order valence-electron chi connectivity index (χ0n) is 10.3. The minimum absolute atomic E-state index is 0.0928. The second kappa shape index (κ2) is 8.35. The van der Waals surface area contributed by atoms with Crippen LogP contribution in [0.25, 0.3) is 0 Å². The SMILES string of the molecule is C=C(C)C(=O)O.CC(C)OOc1ccccc1.